The molecule has 2 rings (SSSR count). The smallest absolute Gasteiger partial charge is 0.149 e. The summed E-state index contributed by atoms with van der Waals surface area (Å²) in [5.41, 5.74) is 5.54. The Hall–Kier alpha value is -1.29. The van der Waals surface area contributed by atoms with Crippen molar-refractivity contribution in [3.8, 4) is 5.75 Å². The minimum atomic E-state index is -0.420. The molecule has 15 heavy (non-hydrogen) atoms. The molecular formula is C11H15FN2O. The Bertz CT molecular complexity index is 337. The summed E-state index contributed by atoms with van der Waals surface area (Å²) in [4.78, 5) is 0. The fraction of sp³-hybridized carbons (Fsp3) is 0.455. The van der Waals surface area contributed by atoms with Crippen LogP contribution in [-0.4, -0.2) is 19.2 Å². The standard InChI is InChI=1S/C11H15FN2O/c12-10-6-8(3-4-11(10)13)15-9-2-1-5-14-7-9/h3-4,6,9,14H,1-2,5,7,13H2. The highest BCUT2D eigenvalue weighted by molar-refractivity contribution is 5.43. The first-order chi connectivity index (χ1) is 7.25. The van der Waals surface area contributed by atoms with E-state index in [4.69, 9.17) is 10.5 Å². The largest absolute Gasteiger partial charge is 0.489 e. The zero-order valence-corrected chi connectivity index (χ0v) is 8.50. The van der Waals surface area contributed by atoms with E-state index in [1.807, 2.05) is 0 Å². The summed E-state index contributed by atoms with van der Waals surface area (Å²) in [5.74, 6) is 0.131. The highest BCUT2D eigenvalue weighted by atomic mass is 19.1. The molecule has 0 spiro atoms. The molecule has 1 heterocycles. The molecule has 3 nitrogen and oxygen atoms in total. The fourth-order valence-electron chi connectivity index (χ4n) is 1.69. The number of hydrogen-bond acceptors (Lipinski definition) is 3. The van der Waals surface area contributed by atoms with Crippen molar-refractivity contribution in [2.24, 2.45) is 0 Å². The topological polar surface area (TPSA) is 47.3 Å². The molecule has 0 saturated carbocycles. The number of piperidine rings is 1. The van der Waals surface area contributed by atoms with Gasteiger partial charge < -0.3 is 15.8 Å². The number of rotatable bonds is 2. The summed E-state index contributed by atoms with van der Waals surface area (Å²) in [6.45, 7) is 1.86. The highest BCUT2D eigenvalue weighted by Crippen LogP contribution is 2.20. The maximum absolute atomic E-state index is 13.1. The number of benzene rings is 1. The molecule has 1 aliphatic rings. The minimum Gasteiger partial charge on any atom is -0.489 e. The van der Waals surface area contributed by atoms with Crippen molar-refractivity contribution in [3.05, 3.63) is 24.0 Å². The predicted octanol–water partition coefficient (Wildman–Crippen LogP) is 1.54. The lowest BCUT2D eigenvalue weighted by Crippen LogP contribution is -2.37. The first kappa shape index (κ1) is 10.2. The summed E-state index contributed by atoms with van der Waals surface area (Å²) in [5, 5.41) is 3.24. The number of halogens is 1. The first-order valence-electron chi connectivity index (χ1n) is 5.18. The quantitative estimate of drug-likeness (QED) is 0.728. The van der Waals surface area contributed by atoms with E-state index in [2.05, 4.69) is 5.32 Å². The average molecular weight is 210 g/mol. The van der Waals surface area contributed by atoms with Crippen molar-refractivity contribution in [3.63, 3.8) is 0 Å². The molecule has 1 aromatic carbocycles. The second-order valence-corrected chi connectivity index (χ2v) is 3.77. The molecule has 3 N–H and O–H groups in total. The van der Waals surface area contributed by atoms with E-state index in [0.717, 1.165) is 25.9 Å². The van der Waals surface area contributed by atoms with E-state index >= 15 is 0 Å². The molecule has 0 aliphatic carbocycles. The molecule has 1 fully saturated rings. The molecule has 1 aromatic rings. The summed E-state index contributed by atoms with van der Waals surface area (Å²) in [7, 11) is 0. The van der Waals surface area contributed by atoms with Gasteiger partial charge in [0.1, 0.15) is 17.7 Å². The maximum Gasteiger partial charge on any atom is 0.149 e. The van der Waals surface area contributed by atoms with Gasteiger partial charge in [0.15, 0.2) is 0 Å². The van der Waals surface area contributed by atoms with Crippen LogP contribution in [0.25, 0.3) is 0 Å². The monoisotopic (exact) mass is 210 g/mol. The zero-order valence-electron chi connectivity index (χ0n) is 8.50. The Kier molecular flexibility index (Phi) is 3.06. The van der Waals surface area contributed by atoms with Crippen LogP contribution in [0.1, 0.15) is 12.8 Å². The summed E-state index contributed by atoms with van der Waals surface area (Å²) >= 11 is 0. The maximum atomic E-state index is 13.1. The Morgan fingerprint density at radius 3 is 3.00 bits per heavy atom. The Morgan fingerprint density at radius 2 is 2.33 bits per heavy atom. The second-order valence-electron chi connectivity index (χ2n) is 3.77. The number of ether oxygens (including phenoxy) is 1. The van der Waals surface area contributed by atoms with Gasteiger partial charge in [0.2, 0.25) is 0 Å². The minimum absolute atomic E-state index is 0.141. The van der Waals surface area contributed by atoms with Gasteiger partial charge in [0.25, 0.3) is 0 Å². The van der Waals surface area contributed by atoms with E-state index in [0.29, 0.717) is 5.75 Å². The summed E-state index contributed by atoms with van der Waals surface area (Å²) < 4.78 is 18.7. The molecule has 1 unspecified atom stereocenters. The van der Waals surface area contributed by atoms with Crippen LogP contribution in [0.15, 0.2) is 18.2 Å². The molecule has 82 valence electrons. The van der Waals surface area contributed by atoms with Crippen LogP contribution >= 0.6 is 0 Å². The van der Waals surface area contributed by atoms with Crippen LogP contribution in [0.5, 0.6) is 5.75 Å². The van der Waals surface area contributed by atoms with Crippen molar-refractivity contribution in [2.75, 3.05) is 18.8 Å². The second kappa shape index (κ2) is 4.49. The summed E-state index contributed by atoms with van der Waals surface area (Å²) in [6, 6.07) is 4.57. The number of nitrogens with two attached hydrogens (primary N) is 1. The van der Waals surface area contributed by atoms with Crippen LogP contribution < -0.4 is 15.8 Å². The van der Waals surface area contributed by atoms with Crippen molar-refractivity contribution in [1.82, 2.24) is 5.32 Å². The van der Waals surface area contributed by atoms with Gasteiger partial charge in [-0.25, -0.2) is 4.39 Å². The van der Waals surface area contributed by atoms with Gasteiger partial charge in [-0.05, 0) is 31.5 Å². The molecule has 0 amide bonds. The Balaban J connectivity index is 2.00. The number of anilines is 1. The lowest BCUT2D eigenvalue weighted by molar-refractivity contribution is 0.166. The third-order valence-corrected chi connectivity index (χ3v) is 2.53. The molecule has 4 heteroatoms. The third-order valence-electron chi connectivity index (χ3n) is 2.53. The van der Waals surface area contributed by atoms with Crippen LogP contribution in [0.3, 0.4) is 0 Å². The molecule has 0 radical (unpaired) electrons. The fourth-order valence-corrected chi connectivity index (χ4v) is 1.69. The molecule has 0 aromatic heterocycles. The van der Waals surface area contributed by atoms with Crippen molar-refractivity contribution in [2.45, 2.75) is 18.9 Å². The SMILES string of the molecule is Nc1ccc(OC2CCCNC2)cc1F. The van der Waals surface area contributed by atoms with Gasteiger partial charge >= 0.3 is 0 Å². The average Bonchev–Trinajstić information content (AvgIpc) is 2.25. The zero-order chi connectivity index (χ0) is 10.7. The normalized spacial score (nSPS) is 21.3. The highest BCUT2D eigenvalue weighted by Gasteiger charge is 2.14. The third kappa shape index (κ3) is 2.59. The van der Waals surface area contributed by atoms with Gasteiger partial charge in [0.05, 0.1) is 5.69 Å². The first-order valence-corrected chi connectivity index (χ1v) is 5.18. The van der Waals surface area contributed by atoms with Crippen molar-refractivity contribution < 1.29 is 9.13 Å². The van der Waals surface area contributed by atoms with Crippen LogP contribution in [0, 0.1) is 5.82 Å². The lowest BCUT2D eigenvalue weighted by atomic mass is 10.1. The van der Waals surface area contributed by atoms with Crippen molar-refractivity contribution >= 4 is 5.69 Å². The van der Waals surface area contributed by atoms with Crippen LogP contribution in [0.2, 0.25) is 0 Å². The van der Waals surface area contributed by atoms with Gasteiger partial charge in [-0.3, -0.25) is 0 Å². The van der Waals surface area contributed by atoms with Crippen LogP contribution in [0.4, 0.5) is 10.1 Å². The molecule has 1 atom stereocenters. The number of nitrogens with one attached hydrogen (secondary N) is 1. The van der Waals surface area contributed by atoms with Gasteiger partial charge in [-0.15, -0.1) is 0 Å². The van der Waals surface area contributed by atoms with Gasteiger partial charge in [-0.2, -0.15) is 0 Å². The molecule has 1 saturated heterocycles. The van der Waals surface area contributed by atoms with Gasteiger partial charge in [0, 0.05) is 12.6 Å². The number of nitrogen functional groups attached to an aromatic ring is 1. The molecule has 0 bridgehead atoms. The molecule has 1 aliphatic heterocycles. The predicted molar refractivity (Wildman–Crippen MR) is 57.3 cm³/mol. The Labute approximate surface area is 88.4 Å². The van der Waals surface area contributed by atoms with E-state index in [9.17, 15) is 4.39 Å². The summed E-state index contributed by atoms with van der Waals surface area (Å²) in [6.07, 6.45) is 2.25. The van der Waals surface area contributed by atoms with Gasteiger partial charge in [-0.1, -0.05) is 0 Å². The van der Waals surface area contributed by atoms with E-state index in [1.165, 1.54) is 12.1 Å². The lowest BCUT2D eigenvalue weighted by Gasteiger charge is -2.23. The number of hydrogen-bond donors (Lipinski definition) is 2. The van der Waals surface area contributed by atoms with Crippen LogP contribution in [-0.2, 0) is 0 Å². The van der Waals surface area contributed by atoms with E-state index in [-0.39, 0.29) is 11.8 Å². The van der Waals surface area contributed by atoms with E-state index in [1.54, 1.807) is 6.07 Å². The van der Waals surface area contributed by atoms with E-state index < -0.39 is 5.82 Å². The molecular weight excluding hydrogens is 195 g/mol. The Morgan fingerprint density at radius 1 is 1.47 bits per heavy atom. The van der Waals surface area contributed by atoms with Crippen molar-refractivity contribution in [1.29, 1.82) is 0 Å².